The third-order valence-electron chi connectivity index (χ3n) is 5.28. The van der Waals surface area contributed by atoms with Crippen LogP contribution in [0.2, 0.25) is 0 Å². The Morgan fingerprint density at radius 3 is 2.21 bits per heavy atom. The number of nitrogens with two attached hydrogens (primary N) is 1. The Kier molecular flexibility index (Phi) is 6.05. The third kappa shape index (κ3) is 4.83. The molecule has 0 saturated heterocycles. The lowest BCUT2D eigenvalue weighted by atomic mass is 9.81. The van der Waals surface area contributed by atoms with Crippen molar-refractivity contribution in [2.24, 2.45) is 22.6 Å². The molecule has 3 rings (SSSR count). The standard InChI is InChI=1S/C23H30N4O2/c1-14(2)16-5-9-18(10-6-16)29-19-11-7-17(8-12-19)27-23(4,25)20-21(24)15(3)13-26-22(20)28/h5-15,20,22,24,27-28H,25H2,1-4H3. The zero-order valence-electron chi connectivity index (χ0n) is 17.4. The first-order chi connectivity index (χ1) is 13.7. The molecule has 6 nitrogen and oxygen atoms in total. The molecule has 4 atom stereocenters. The fourth-order valence-corrected chi connectivity index (χ4v) is 3.51. The molecule has 0 spiro atoms. The van der Waals surface area contributed by atoms with E-state index in [2.05, 4.69) is 36.3 Å². The Morgan fingerprint density at radius 2 is 1.66 bits per heavy atom. The SMILES string of the molecule is CC1C=NC(O)C(C(C)(N)Nc2ccc(Oc3ccc(C(C)C)cc3)cc2)C1=N. The van der Waals surface area contributed by atoms with Gasteiger partial charge in [0.15, 0.2) is 6.23 Å². The molecule has 0 fully saturated rings. The van der Waals surface area contributed by atoms with Gasteiger partial charge in [0.25, 0.3) is 0 Å². The van der Waals surface area contributed by atoms with Gasteiger partial charge in [-0.05, 0) is 54.8 Å². The number of aliphatic imine (C=N–C) groups is 1. The highest BCUT2D eigenvalue weighted by Crippen LogP contribution is 2.30. The summed E-state index contributed by atoms with van der Waals surface area (Å²) in [7, 11) is 0. The monoisotopic (exact) mass is 394 g/mol. The van der Waals surface area contributed by atoms with Crippen LogP contribution in [0.3, 0.4) is 0 Å². The van der Waals surface area contributed by atoms with Crippen molar-refractivity contribution in [3.8, 4) is 11.5 Å². The van der Waals surface area contributed by atoms with Crippen LogP contribution in [0.1, 0.15) is 39.2 Å². The number of ether oxygens (including phenoxy) is 1. The highest BCUT2D eigenvalue weighted by atomic mass is 16.5. The molecular formula is C23H30N4O2. The summed E-state index contributed by atoms with van der Waals surface area (Å²) >= 11 is 0. The molecule has 0 bridgehead atoms. The number of aliphatic hydroxyl groups excluding tert-OH is 1. The minimum absolute atomic E-state index is 0.147. The zero-order valence-corrected chi connectivity index (χ0v) is 17.4. The van der Waals surface area contributed by atoms with E-state index in [4.69, 9.17) is 15.9 Å². The molecule has 6 heteroatoms. The van der Waals surface area contributed by atoms with Gasteiger partial charge in [0, 0.05) is 23.5 Å². The minimum Gasteiger partial charge on any atom is -0.457 e. The van der Waals surface area contributed by atoms with E-state index < -0.39 is 17.8 Å². The molecule has 2 aromatic rings. The summed E-state index contributed by atoms with van der Waals surface area (Å²) in [6.07, 6.45) is 0.567. The molecule has 0 aliphatic carbocycles. The van der Waals surface area contributed by atoms with Crippen LogP contribution in [0.25, 0.3) is 0 Å². The van der Waals surface area contributed by atoms with Crippen molar-refractivity contribution >= 4 is 17.6 Å². The first-order valence-electron chi connectivity index (χ1n) is 9.92. The lowest BCUT2D eigenvalue weighted by Gasteiger charge is -2.40. The fraction of sp³-hybridized carbons (Fsp3) is 0.391. The second-order valence-corrected chi connectivity index (χ2v) is 8.19. The summed E-state index contributed by atoms with van der Waals surface area (Å²) in [6.45, 7) is 7.96. The molecule has 154 valence electrons. The molecule has 0 aromatic heterocycles. The van der Waals surface area contributed by atoms with Crippen molar-refractivity contribution in [1.82, 2.24) is 0 Å². The number of anilines is 1. The van der Waals surface area contributed by atoms with Crippen molar-refractivity contribution in [1.29, 1.82) is 5.41 Å². The van der Waals surface area contributed by atoms with E-state index in [1.54, 1.807) is 13.1 Å². The molecule has 0 radical (unpaired) electrons. The minimum atomic E-state index is -1.03. The van der Waals surface area contributed by atoms with Gasteiger partial charge in [-0.25, -0.2) is 0 Å². The smallest absolute Gasteiger partial charge is 0.156 e. The summed E-state index contributed by atoms with van der Waals surface area (Å²) in [6, 6.07) is 15.5. The molecule has 5 N–H and O–H groups in total. The predicted molar refractivity (Wildman–Crippen MR) is 118 cm³/mol. The van der Waals surface area contributed by atoms with Crippen LogP contribution < -0.4 is 15.8 Å². The molecule has 2 aromatic carbocycles. The van der Waals surface area contributed by atoms with Crippen molar-refractivity contribution < 1.29 is 9.84 Å². The second-order valence-electron chi connectivity index (χ2n) is 8.19. The lowest BCUT2D eigenvalue weighted by molar-refractivity contribution is 0.112. The summed E-state index contributed by atoms with van der Waals surface area (Å²) in [5, 5.41) is 21.8. The molecule has 1 aliphatic rings. The van der Waals surface area contributed by atoms with Crippen molar-refractivity contribution in [3.05, 3.63) is 54.1 Å². The molecule has 1 aliphatic heterocycles. The number of hydrogen-bond acceptors (Lipinski definition) is 6. The van der Waals surface area contributed by atoms with E-state index in [0.29, 0.717) is 11.6 Å². The Morgan fingerprint density at radius 1 is 1.10 bits per heavy atom. The van der Waals surface area contributed by atoms with Gasteiger partial charge in [0.05, 0.1) is 11.6 Å². The van der Waals surface area contributed by atoms with E-state index in [-0.39, 0.29) is 5.92 Å². The van der Waals surface area contributed by atoms with Gasteiger partial charge < -0.3 is 26.3 Å². The first kappa shape index (κ1) is 21.0. The number of aliphatic hydroxyl groups is 1. The maximum Gasteiger partial charge on any atom is 0.156 e. The normalized spacial score (nSPS) is 23.7. The number of rotatable bonds is 6. The van der Waals surface area contributed by atoms with Gasteiger partial charge in [-0.3, -0.25) is 4.99 Å². The zero-order chi connectivity index (χ0) is 21.2. The summed E-state index contributed by atoms with van der Waals surface area (Å²) in [4.78, 5) is 4.08. The van der Waals surface area contributed by atoms with Crippen LogP contribution in [-0.4, -0.2) is 28.9 Å². The highest BCUT2D eigenvalue weighted by molar-refractivity contribution is 6.00. The van der Waals surface area contributed by atoms with Crippen LogP contribution in [0, 0.1) is 17.2 Å². The molecule has 1 heterocycles. The van der Waals surface area contributed by atoms with Crippen LogP contribution in [0.5, 0.6) is 11.5 Å². The van der Waals surface area contributed by atoms with Crippen LogP contribution in [0.15, 0.2) is 53.5 Å². The molecule has 4 unspecified atom stereocenters. The van der Waals surface area contributed by atoms with E-state index in [1.165, 1.54) is 5.56 Å². The van der Waals surface area contributed by atoms with E-state index in [1.807, 2.05) is 43.3 Å². The maximum absolute atomic E-state index is 10.3. The van der Waals surface area contributed by atoms with Gasteiger partial charge in [-0.1, -0.05) is 32.9 Å². The molecule has 0 amide bonds. The topological polar surface area (TPSA) is 104 Å². The van der Waals surface area contributed by atoms with Gasteiger partial charge in [0.2, 0.25) is 0 Å². The van der Waals surface area contributed by atoms with Gasteiger partial charge >= 0.3 is 0 Å². The van der Waals surface area contributed by atoms with E-state index >= 15 is 0 Å². The van der Waals surface area contributed by atoms with Crippen LogP contribution >= 0.6 is 0 Å². The maximum atomic E-state index is 10.3. The Balaban J connectivity index is 1.68. The highest BCUT2D eigenvalue weighted by Gasteiger charge is 2.42. The van der Waals surface area contributed by atoms with Gasteiger partial charge in [0.1, 0.15) is 11.5 Å². The quantitative estimate of drug-likeness (QED) is 0.546. The van der Waals surface area contributed by atoms with Gasteiger partial charge in [-0.15, -0.1) is 0 Å². The average molecular weight is 395 g/mol. The van der Waals surface area contributed by atoms with Crippen molar-refractivity contribution in [2.45, 2.75) is 45.5 Å². The largest absolute Gasteiger partial charge is 0.457 e. The van der Waals surface area contributed by atoms with Crippen LogP contribution in [-0.2, 0) is 0 Å². The third-order valence-corrected chi connectivity index (χ3v) is 5.28. The Hall–Kier alpha value is -2.70. The van der Waals surface area contributed by atoms with Crippen molar-refractivity contribution in [3.63, 3.8) is 0 Å². The van der Waals surface area contributed by atoms with Gasteiger partial charge in [-0.2, -0.15) is 0 Å². The number of nitrogens with zero attached hydrogens (tertiary/aromatic N) is 1. The number of benzene rings is 2. The predicted octanol–water partition coefficient (Wildman–Crippen LogP) is 4.36. The summed E-state index contributed by atoms with van der Waals surface area (Å²) in [5.74, 6) is 1.22. The Labute approximate surface area is 172 Å². The number of hydrogen-bond donors (Lipinski definition) is 4. The van der Waals surface area contributed by atoms with E-state index in [0.717, 1.165) is 17.2 Å². The second kappa shape index (κ2) is 8.35. The van der Waals surface area contributed by atoms with Crippen molar-refractivity contribution in [2.75, 3.05) is 5.32 Å². The molecule has 0 saturated carbocycles. The first-order valence-corrected chi connectivity index (χ1v) is 9.92. The average Bonchev–Trinajstić information content (AvgIpc) is 2.66. The summed E-state index contributed by atoms with van der Waals surface area (Å²) in [5.41, 5.74) is 7.84. The molecule has 29 heavy (non-hydrogen) atoms. The lowest BCUT2D eigenvalue weighted by Crippen LogP contribution is -2.59. The van der Waals surface area contributed by atoms with Crippen LogP contribution in [0.4, 0.5) is 5.69 Å². The molecular weight excluding hydrogens is 364 g/mol. The van der Waals surface area contributed by atoms with E-state index in [9.17, 15) is 5.11 Å². The summed E-state index contributed by atoms with van der Waals surface area (Å²) < 4.78 is 5.91. The number of nitrogens with one attached hydrogen (secondary N) is 2. The Bertz CT molecular complexity index is 873. The fourth-order valence-electron chi connectivity index (χ4n) is 3.51.